The van der Waals surface area contributed by atoms with Gasteiger partial charge in [0.15, 0.2) is 23.2 Å². The van der Waals surface area contributed by atoms with Crippen molar-refractivity contribution in [2.24, 2.45) is 5.92 Å². The van der Waals surface area contributed by atoms with Crippen LogP contribution in [0, 0.1) is 18.3 Å². The fourth-order valence-corrected chi connectivity index (χ4v) is 3.16. The molecule has 3 aromatic rings. The van der Waals surface area contributed by atoms with Crippen molar-refractivity contribution < 1.29 is 23.5 Å². The lowest BCUT2D eigenvalue weighted by Gasteiger charge is -2.24. The number of nitrogens with zero attached hydrogens (tertiary/aromatic N) is 4. The zero-order chi connectivity index (χ0) is 23.6. The molecule has 1 amide bonds. The largest absolute Gasteiger partial charge is 0.457 e. The minimum atomic E-state index is -1.90. The van der Waals surface area contributed by atoms with Gasteiger partial charge in [0, 0.05) is 12.0 Å². The maximum atomic E-state index is 15.0. The zero-order valence-electron chi connectivity index (χ0n) is 17.9. The van der Waals surface area contributed by atoms with Crippen molar-refractivity contribution in [3.63, 3.8) is 0 Å². The maximum Gasteiger partial charge on any atom is 0.338 e. The highest BCUT2D eigenvalue weighted by Crippen LogP contribution is 2.38. The number of esters is 1. The summed E-state index contributed by atoms with van der Waals surface area (Å²) in [6, 6.07) is 8.26. The van der Waals surface area contributed by atoms with Crippen LogP contribution in [-0.4, -0.2) is 43.6 Å². The maximum absolute atomic E-state index is 15.0. The van der Waals surface area contributed by atoms with Gasteiger partial charge in [-0.25, -0.2) is 24.1 Å². The summed E-state index contributed by atoms with van der Waals surface area (Å²) in [5.74, 6) is 0.547. The van der Waals surface area contributed by atoms with Crippen molar-refractivity contribution in [2.45, 2.75) is 25.7 Å². The summed E-state index contributed by atoms with van der Waals surface area (Å²) in [6.45, 7) is 2.97. The first-order valence-electron chi connectivity index (χ1n) is 10.1. The second-order valence-electron chi connectivity index (χ2n) is 7.63. The fourth-order valence-electron chi connectivity index (χ4n) is 3.16. The Morgan fingerprint density at radius 3 is 2.76 bits per heavy atom. The van der Waals surface area contributed by atoms with Gasteiger partial charge in [0.1, 0.15) is 18.8 Å². The van der Waals surface area contributed by atoms with E-state index >= 15 is 0 Å². The van der Waals surface area contributed by atoms with Crippen molar-refractivity contribution in [1.29, 1.82) is 0 Å². The molecule has 4 rings (SSSR count). The van der Waals surface area contributed by atoms with Crippen LogP contribution in [0.25, 0.3) is 11.2 Å². The van der Waals surface area contributed by atoms with Gasteiger partial charge in [0.05, 0.1) is 11.9 Å². The van der Waals surface area contributed by atoms with E-state index in [-0.39, 0.29) is 17.6 Å². The average molecular weight is 449 g/mol. The third-order valence-electron chi connectivity index (χ3n) is 5.04. The topological polar surface area (TPSA) is 108 Å². The molecule has 0 radical (unpaired) electrons. The predicted octanol–water partition coefficient (Wildman–Crippen LogP) is 3.03. The molecule has 1 aromatic carbocycles. The van der Waals surface area contributed by atoms with Crippen molar-refractivity contribution in [1.82, 2.24) is 19.5 Å². The number of carbonyl (C=O) groups is 2. The summed E-state index contributed by atoms with van der Waals surface area (Å²) in [6.07, 6.45) is 8.35. The lowest BCUT2D eigenvalue weighted by Crippen LogP contribution is -2.36. The average Bonchev–Trinajstić information content (AvgIpc) is 3.40. The number of carbonyl (C=O) groups excluding carboxylic acids is 2. The Morgan fingerprint density at radius 1 is 1.30 bits per heavy atom. The standard InChI is InChI=1S/C23H20FN5O4/c1-4-23(11-32-22(31)15-8-6-5-7-9-15)16(24)10-17(33-23)29-13-27-18-19(25-12-26-20(18)29)28-21(30)14(2)3/h1,5-10,12-14,17H,11H2,2-3H3,(H,25,26,28,30)/t17-,23-/m1/s1. The second-order valence-corrected chi connectivity index (χ2v) is 7.63. The third-order valence-corrected chi connectivity index (χ3v) is 5.04. The number of terminal acetylenes is 1. The number of ether oxygens (including phenoxy) is 2. The highest BCUT2D eigenvalue weighted by atomic mass is 19.1. The molecule has 2 aromatic heterocycles. The van der Waals surface area contributed by atoms with Crippen LogP contribution >= 0.6 is 0 Å². The summed E-state index contributed by atoms with van der Waals surface area (Å²) >= 11 is 0. The first-order chi connectivity index (χ1) is 15.8. The Morgan fingerprint density at radius 2 is 2.06 bits per heavy atom. The third kappa shape index (κ3) is 4.18. The molecule has 33 heavy (non-hydrogen) atoms. The van der Waals surface area contributed by atoms with E-state index in [1.165, 1.54) is 17.2 Å². The monoisotopic (exact) mass is 449 g/mol. The summed E-state index contributed by atoms with van der Waals surface area (Å²) in [7, 11) is 0. The summed E-state index contributed by atoms with van der Waals surface area (Å²) in [5.41, 5.74) is -0.991. The number of hydrogen-bond donors (Lipinski definition) is 1. The van der Waals surface area contributed by atoms with E-state index in [1.807, 2.05) is 0 Å². The van der Waals surface area contributed by atoms with Crippen LogP contribution < -0.4 is 5.32 Å². The molecule has 0 unspecified atom stereocenters. The van der Waals surface area contributed by atoms with E-state index in [9.17, 15) is 14.0 Å². The van der Waals surface area contributed by atoms with Gasteiger partial charge in [-0.3, -0.25) is 9.36 Å². The Hall–Kier alpha value is -4.10. The molecule has 3 heterocycles. The van der Waals surface area contributed by atoms with Crippen LogP contribution in [-0.2, 0) is 14.3 Å². The number of nitrogens with one attached hydrogen (secondary N) is 1. The van der Waals surface area contributed by atoms with Gasteiger partial charge in [-0.1, -0.05) is 38.0 Å². The highest BCUT2D eigenvalue weighted by molar-refractivity contribution is 5.97. The number of anilines is 1. The van der Waals surface area contributed by atoms with Crippen molar-refractivity contribution in [3.05, 3.63) is 60.5 Å². The first-order valence-corrected chi connectivity index (χ1v) is 10.1. The minimum absolute atomic E-state index is 0.222. The van der Waals surface area contributed by atoms with Crippen LogP contribution in [0.4, 0.5) is 10.2 Å². The fraction of sp³-hybridized carbons (Fsp3) is 0.261. The molecule has 168 valence electrons. The van der Waals surface area contributed by atoms with Gasteiger partial charge in [-0.05, 0) is 12.1 Å². The molecule has 0 spiro atoms. The molecular weight excluding hydrogens is 429 g/mol. The normalized spacial score (nSPS) is 19.8. The Kier molecular flexibility index (Phi) is 5.89. The van der Waals surface area contributed by atoms with E-state index in [4.69, 9.17) is 15.9 Å². The lowest BCUT2D eigenvalue weighted by molar-refractivity contribution is -0.118. The molecule has 10 heteroatoms. The molecule has 0 saturated carbocycles. The van der Waals surface area contributed by atoms with Crippen LogP contribution in [0.1, 0.15) is 30.4 Å². The highest BCUT2D eigenvalue weighted by Gasteiger charge is 2.45. The van der Waals surface area contributed by atoms with Gasteiger partial charge in [0.2, 0.25) is 11.5 Å². The number of benzene rings is 1. The number of imidazole rings is 1. The van der Waals surface area contributed by atoms with Gasteiger partial charge in [-0.2, -0.15) is 0 Å². The number of fused-ring (bicyclic) bond motifs is 1. The molecule has 1 N–H and O–H groups in total. The van der Waals surface area contributed by atoms with E-state index in [0.717, 1.165) is 6.08 Å². The minimum Gasteiger partial charge on any atom is -0.457 e. The molecule has 0 saturated heterocycles. The number of aromatic nitrogens is 4. The number of rotatable bonds is 6. The van der Waals surface area contributed by atoms with E-state index < -0.39 is 30.2 Å². The van der Waals surface area contributed by atoms with Crippen molar-refractivity contribution in [2.75, 3.05) is 11.9 Å². The number of halogens is 1. The molecule has 0 aliphatic carbocycles. The molecule has 0 fully saturated rings. The number of amides is 1. The van der Waals surface area contributed by atoms with Gasteiger partial charge in [-0.15, -0.1) is 6.42 Å². The summed E-state index contributed by atoms with van der Waals surface area (Å²) in [4.78, 5) is 36.8. The van der Waals surface area contributed by atoms with Crippen molar-refractivity contribution >= 4 is 28.9 Å². The van der Waals surface area contributed by atoms with Gasteiger partial charge < -0.3 is 14.8 Å². The number of hydrogen-bond acceptors (Lipinski definition) is 7. The quantitative estimate of drug-likeness (QED) is 0.455. The predicted molar refractivity (Wildman–Crippen MR) is 116 cm³/mol. The SMILES string of the molecule is C#C[C@]1(COC(=O)c2ccccc2)O[C@@H](n2cnc3c(NC(=O)C(C)C)ncnc32)C=C1F. The summed E-state index contributed by atoms with van der Waals surface area (Å²) < 4.78 is 27.4. The first kappa shape index (κ1) is 22.1. The van der Waals surface area contributed by atoms with E-state index in [1.54, 1.807) is 44.2 Å². The van der Waals surface area contributed by atoms with Gasteiger partial charge in [0.25, 0.3) is 0 Å². The smallest absolute Gasteiger partial charge is 0.338 e. The van der Waals surface area contributed by atoms with Crippen LogP contribution in [0.5, 0.6) is 0 Å². The Labute approximate surface area is 188 Å². The second kappa shape index (κ2) is 8.80. The van der Waals surface area contributed by atoms with Crippen LogP contribution in [0.3, 0.4) is 0 Å². The molecule has 1 aliphatic rings. The Balaban J connectivity index is 1.56. The molecular formula is C23H20FN5O4. The van der Waals surface area contributed by atoms with Gasteiger partial charge >= 0.3 is 5.97 Å². The van der Waals surface area contributed by atoms with E-state index in [0.29, 0.717) is 16.7 Å². The van der Waals surface area contributed by atoms with Crippen LogP contribution in [0.2, 0.25) is 0 Å². The lowest BCUT2D eigenvalue weighted by atomic mass is 10.1. The Bertz CT molecular complexity index is 1280. The van der Waals surface area contributed by atoms with E-state index in [2.05, 4.69) is 26.2 Å². The molecule has 0 bridgehead atoms. The molecule has 1 aliphatic heterocycles. The van der Waals surface area contributed by atoms with Crippen molar-refractivity contribution in [3.8, 4) is 12.3 Å². The molecule has 2 atom stereocenters. The van der Waals surface area contributed by atoms with Crippen LogP contribution in [0.15, 0.2) is 54.9 Å². The molecule has 9 nitrogen and oxygen atoms in total. The summed E-state index contributed by atoms with van der Waals surface area (Å²) in [5, 5.41) is 2.69. The zero-order valence-corrected chi connectivity index (χ0v) is 17.9.